The van der Waals surface area contributed by atoms with Gasteiger partial charge in [-0.25, -0.2) is 13.1 Å². The van der Waals surface area contributed by atoms with Crippen molar-refractivity contribution in [1.82, 2.24) is 14.9 Å². The summed E-state index contributed by atoms with van der Waals surface area (Å²) in [5.74, 6) is 1.20. The number of hydrogen-bond donors (Lipinski definition) is 2. The molecule has 0 unspecified atom stereocenters. The molecule has 2 atom stereocenters. The lowest BCUT2D eigenvalue weighted by Crippen LogP contribution is -2.42. The zero-order valence-electron chi connectivity index (χ0n) is 15.6. The Morgan fingerprint density at radius 1 is 1.23 bits per heavy atom. The summed E-state index contributed by atoms with van der Waals surface area (Å²) in [7, 11) is -3.57. The van der Waals surface area contributed by atoms with Crippen LogP contribution in [0.2, 0.25) is 0 Å². The topological polar surface area (TPSA) is 78.5 Å². The molecule has 1 aromatic carbocycles. The van der Waals surface area contributed by atoms with E-state index < -0.39 is 10.0 Å². The van der Waals surface area contributed by atoms with E-state index in [1.54, 1.807) is 0 Å². The van der Waals surface area contributed by atoms with Gasteiger partial charge in [0.2, 0.25) is 10.0 Å². The van der Waals surface area contributed by atoms with Crippen LogP contribution in [0.4, 0.5) is 0 Å². The van der Waals surface area contributed by atoms with Gasteiger partial charge in [-0.15, -0.1) is 6.58 Å². The molecule has 7 heteroatoms. The molecular formula is C19H29N3O3S. The van der Waals surface area contributed by atoms with Crippen molar-refractivity contribution in [1.29, 1.82) is 0 Å². The summed E-state index contributed by atoms with van der Waals surface area (Å²) in [4.78, 5) is 14.8. The smallest absolute Gasteiger partial charge is 0.251 e. The van der Waals surface area contributed by atoms with Gasteiger partial charge in [0.15, 0.2) is 0 Å². The Morgan fingerprint density at radius 3 is 2.42 bits per heavy atom. The van der Waals surface area contributed by atoms with Crippen molar-refractivity contribution in [3.8, 4) is 0 Å². The van der Waals surface area contributed by atoms with E-state index >= 15 is 0 Å². The van der Waals surface area contributed by atoms with E-state index in [0.717, 1.165) is 19.6 Å². The molecule has 2 N–H and O–H groups in total. The maximum Gasteiger partial charge on any atom is 0.251 e. The maximum atomic E-state index is 12.2. The summed E-state index contributed by atoms with van der Waals surface area (Å²) < 4.78 is 26.4. The molecule has 2 rings (SSSR count). The van der Waals surface area contributed by atoms with E-state index in [-0.39, 0.29) is 17.3 Å². The van der Waals surface area contributed by atoms with Crippen molar-refractivity contribution < 1.29 is 13.2 Å². The minimum absolute atomic E-state index is 0.132. The lowest BCUT2D eigenvalue weighted by atomic mass is 9.92. The van der Waals surface area contributed by atoms with E-state index in [1.165, 1.54) is 36.8 Å². The van der Waals surface area contributed by atoms with Crippen molar-refractivity contribution in [2.24, 2.45) is 11.8 Å². The molecular weight excluding hydrogens is 350 g/mol. The van der Waals surface area contributed by atoms with Crippen LogP contribution in [-0.2, 0) is 10.0 Å². The number of carbonyl (C=O) groups excluding carboxylic acids is 1. The molecule has 0 aromatic heterocycles. The monoisotopic (exact) mass is 379 g/mol. The highest BCUT2D eigenvalue weighted by Crippen LogP contribution is 2.20. The predicted molar refractivity (Wildman–Crippen MR) is 104 cm³/mol. The number of rotatable bonds is 8. The normalized spacial score (nSPS) is 21.3. The average molecular weight is 380 g/mol. The molecule has 1 aliphatic rings. The van der Waals surface area contributed by atoms with Crippen LogP contribution < -0.4 is 10.0 Å². The fourth-order valence-electron chi connectivity index (χ4n) is 3.44. The Kier molecular flexibility index (Phi) is 7.37. The van der Waals surface area contributed by atoms with Crippen LogP contribution in [0, 0.1) is 11.8 Å². The molecule has 0 aliphatic carbocycles. The Hall–Kier alpha value is -1.70. The first kappa shape index (κ1) is 20.6. The lowest BCUT2D eigenvalue weighted by Gasteiger charge is -2.34. The molecule has 0 bridgehead atoms. The van der Waals surface area contributed by atoms with Crippen LogP contribution in [-0.4, -0.2) is 51.9 Å². The summed E-state index contributed by atoms with van der Waals surface area (Å²) in [6.07, 6.45) is 2.74. The van der Waals surface area contributed by atoms with Crippen LogP contribution in [0.1, 0.15) is 30.6 Å². The molecule has 1 heterocycles. The van der Waals surface area contributed by atoms with Gasteiger partial charge in [-0.05, 0) is 42.5 Å². The molecule has 144 valence electrons. The number of nitrogens with one attached hydrogen (secondary N) is 2. The summed E-state index contributed by atoms with van der Waals surface area (Å²) in [5.41, 5.74) is 0.452. The zero-order valence-corrected chi connectivity index (χ0v) is 16.4. The van der Waals surface area contributed by atoms with Crippen molar-refractivity contribution in [3.63, 3.8) is 0 Å². The summed E-state index contributed by atoms with van der Waals surface area (Å²) in [6, 6.07) is 5.94. The minimum atomic E-state index is -3.57. The average Bonchev–Trinajstić information content (AvgIpc) is 2.59. The van der Waals surface area contributed by atoms with Crippen LogP contribution in [0.15, 0.2) is 41.8 Å². The number of hydrogen-bond acceptors (Lipinski definition) is 4. The van der Waals surface area contributed by atoms with Gasteiger partial charge in [0, 0.05) is 38.3 Å². The molecule has 0 spiro atoms. The second kappa shape index (κ2) is 9.30. The standard InChI is InChI=1S/C19H29N3O3S/c1-4-9-21-26(24,25)18-7-5-17(6-8-18)19(23)20-10-11-22-13-15(2)12-16(3)14-22/h4-8,15-16,21H,1,9-14H2,2-3H3,(H,20,23)/t15-,16-/m1/s1. The van der Waals surface area contributed by atoms with Crippen molar-refractivity contribution >= 4 is 15.9 Å². The molecule has 1 fully saturated rings. The highest BCUT2D eigenvalue weighted by atomic mass is 32.2. The SMILES string of the molecule is C=CCNS(=O)(=O)c1ccc(C(=O)NCCN2C[C@H](C)C[C@@H](C)C2)cc1. The van der Waals surface area contributed by atoms with Crippen LogP contribution in [0.3, 0.4) is 0 Å². The first-order valence-electron chi connectivity index (χ1n) is 9.03. The zero-order chi connectivity index (χ0) is 19.2. The summed E-state index contributed by atoms with van der Waals surface area (Å²) in [6.45, 7) is 11.7. The highest BCUT2D eigenvalue weighted by molar-refractivity contribution is 7.89. The number of carbonyl (C=O) groups is 1. The first-order chi connectivity index (χ1) is 12.3. The molecule has 26 heavy (non-hydrogen) atoms. The number of amides is 1. The van der Waals surface area contributed by atoms with Gasteiger partial charge >= 0.3 is 0 Å². The molecule has 6 nitrogen and oxygen atoms in total. The molecule has 1 aromatic rings. The number of likely N-dealkylation sites (tertiary alicyclic amines) is 1. The third kappa shape index (κ3) is 5.93. The van der Waals surface area contributed by atoms with E-state index in [4.69, 9.17) is 0 Å². The molecule has 1 saturated heterocycles. The van der Waals surface area contributed by atoms with Crippen LogP contribution in [0.25, 0.3) is 0 Å². The van der Waals surface area contributed by atoms with E-state index in [9.17, 15) is 13.2 Å². The predicted octanol–water partition coefficient (Wildman–Crippen LogP) is 1.86. The second-order valence-electron chi connectivity index (χ2n) is 7.13. The lowest BCUT2D eigenvalue weighted by molar-refractivity contribution is 0.0936. The molecule has 1 aliphatic heterocycles. The quantitative estimate of drug-likeness (QED) is 0.676. The molecule has 0 radical (unpaired) electrons. The van der Waals surface area contributed by atoms with Gasteiger partial charge in [0.05, 0.1) is 4.90 Å². The minimum Gasteiger partial charge on any atom is -0.351 e. The van der Waals surface area contributed by atoms with Gasteiger partial charge in [-0.3, -0.25) is 4.79 Å². The fraction of sp³-hybridized carbons (Fsp3) is 0.526. The number of piperidine rings is 1. The van der Waals surface area contributed by atoms with Gasteiger partial charge in [-0.1, -0.05) is 19.9 Å². The van der Waals surface area contributed by atoms with Gasteiger partial charge in [0.1, 0.15) is 0 Å². The van der Waals surface area contributed by atoms with Crippen molar-refractivity contribution in [3.05, 3.63) is 42.5 Å². The first-order valence-corrected chi connectivity index (χ1v) is 10.5. The third-order valence-corrected chi connectivity index (χ3v) is 5.94. The van der Waals surface area contributed by atoms with E-state index in [0.29, 0.717) is 23.9 Å². The number of benzene rings is 1. The highest BCUT2D eigenvalue weighted by Gasteiger charge is 2.21. The van der Waals surface area contributed by atoms with Crippen molar-refractivity contribution in [2.45, 2.75) is 25.2 Å². The Bertz CT molecular complexity index is 706. The summed E-state index contributed by atoms with van der Waals surface area (Å²) >= 11 is 0. The van der Waals surface area contributed by atoms with Gasteiger partial charge in [0.25, 0.3) is 5.91 Å². The maximum absolute atomic E-state index is 12.2. The Labute approximate surface area is 156 Å². The second-order valence-corrected chi connectivity index (χ2v) is 8.89. The number of nitrogens with zero attached hydrogens (tertiary/aromatic N) is 1. The third-order valence-electron chi connectivity index (χ3n) is 4.50. The van der Waals surface area contributed by atoms with Crippen LogP contribution in [0.5, 0.6) is 0 Å². The van der Waals surface area contributed by atoms with Crippen molar-refractivity contribution in [2.75, 3.05) is 32.7 Å². The number of sulfonamides is 1. The molecule has 0 saturated carbocycles. The Balaban J connectivity index is 1.85. The van der Waals surface area contributed by atoms with Gasteiger partial charge < -0.3 is 10.2 Å². The van der Waals surface area contributed by atoms with E-state index in [2.05, 4.69) is 35.4 Å². The fourth-order valence-corrected chi connectivity index (χ4v) is 4.44. The summed E-state index contributed by atoms with van der Waals surface area (Å²) in [5, 5.41) is 2.91. The van der Waals surface area contributed by atoms with Gasteiger partial charge in [-0.2, -0.15) is 0 Å². The Morgan fingerprint density at radius 2 is 1.85 bits per heavy atom. The molecule has 1 amide bonds. The largest absolute Gasteiger partial charge is 0.351 e. The van der Waals surface area contributed by atoms with Crippen LogP contribution >= 0.6 is 0 Å². The van der Waals surface area contributed by atoms with E-state index in [1.807, 2.05) is 0 Å².